The second kappa shape index (κ2) is 8.43. The zero-order chi connectivity index (χ0) is 22.9. The molecule has 0 bridgehead atoms. The van der Waals surface area contributed by atoms with Crippen molar-refractivity contribution in [2.45, 2.75) is 25.9 Å². The van der Waals surface area contributed by atoms with Crippen LogP contribution in [0.4, 0.5) is 11.6 Å². The number of hydrogen-bond acceptors (Lipinski definition) is 4. The number of imidazole rings is 1. The van der Waals surface area contributed by atoms with Crippen LogP contribution >= 0.6 is 0 Å². The lowest BCUT2D eigenvalue weighted by Gasteiger charge is -2.16. The highest BCUT2D eigenvalue weighted by Gasteiger charge is 2.40. The summed E-state index contributed by atoms with van der Waals surface area (Å²) in [5, 5.41) is 2.91. The summed E-state index contributed by atoms with van der Waals surface area (Å²) in [6.45, 7) is 2.36. The molecule has 4 aromatic rings. The fourth-order valence-electron chi connectivity index (χ4n) is 4.18. The molecule has 1 aliphatic heterocycles. The van der Waals surface area contributed by atoms with Gasteiger partial charge in [-0.15, -0.1) is 0 Å². The van der Waals surface area contributed by atoms with Crippen molar-refractivity contribution in [1.82, 2.24) is 9.55 Å². The van der Waals surface area contributed by atoms with Crippen LogP contribution in [-0.2, 0) is 16.1 Å². The summed E-state index contributed by atoms with van der Waals surface area (Å²) in [7, 11) is 1.62. The van der Waals surface area contributed by atoms with Crippen molar-refractivity contribution < 1.29 is 14.3 Å². The fourth-order valence-corrected chi connectivity index (χ4v) is 4.18. The lowest BCUT2D eigenvalue weighted by Crippen LogP contribution is -2.31. The van der Waals surface area contributed by atoms with E-state index in [4.69, 9.17) is 9.72 Å². The molecule has 2 amide bonds. The van der Waals surface area contributed by atoms with Gasteiger partial charge in [0.05, 0.1) is 31.1 Å². The second-order valence-electron chi connectivity index (χ2n) is 8.18. The van der Waals surface area contributed by atoms with Crippen LogP contribution < -0.4 is 15.0 Å². The largest absolute Gasteiger partial charge is 0.497 e. The zero-order valence-corrected chi connectivity index (χ0v) is 18.5. The number of carbonyl (C=O) groups is 2. The average Bonchev–Trinajstić information content (AvgIpc) is 3.32. The van der Waals surface area contributed by atoms with E-state index in [-0.39, 0.29) is 18.2 Å². The number of benzene rings is 3. The maximum Gasteiger partial charge on any atom is 0.253 e. The Morgan fingerprint density at radius 2 is 1.76 bits per heavy atom. The molecule has 1 aromatic heterocycles. The molecule has 5 rings (SSSR count). The van der Waals surface area contributed by atoms with Crippen molar-refractivity contribution in [2.24, 2.45) is 0 Å². The SMILES string of the molecule is COc1ccc(CN2C(=O)C(CC(=O)Nc3ccc(C)cc3)n3c2nc2ccccc23)cc1. The summed E-state index contributed by atoms with van der Waals surface area (Å²) < 4.78 is 7.12. The molecule has 33 heavy (non-hydrogen) atoms. The van der Waals surface area contributed by atoms with Gasteiger partial charge in [0.15, 0.2) is 0 Å². The molecule has 0 spiro atoms. The number of nitrogens with one attached hydrogen (secondary N) is 1. The van der Waals surface area contributed by atoms with Gasteiger partial charge in [-0.25, -0.2) is 4.98 Å². The zero-order valence-electron chi connectivity index (χ0n) is 18.5. The molecule has 1 aliphatic rings. The number of para-hydroxylation sites is 2. The standard InChI is InChI=1S/C26H24N4O3/c1-17-7-11-19(12-8-17)27-24(31)15-23-25(32)29(16-18-9-13-20(33-2)14-10-18)26-28-21-5-3-4-6-22(21)30(23)26/h3-14,23H,15-16H2,1-2H3,(H,27,31). The maximum atomic E-state index is 13.5. The summed E-state index contributed by atoms with van der Waals surface area (Å²) in [6.07, 6.45) is 0.0270. The first-order valence-electron chi connectivity index (χ1n) is 10.8. The van der Waals surface area contributed by atoms with Crippen LogP contribution in [0.3, 0.4) is 0 Å². The normalized spacial score (nSPS) is 15.0. The highest BCUT2D eigenvalue weighted by molar-refractivity contribution is 6.05. The summed E-state index contributed by atoms with van der Waals surface area (Å²) in [5.74, 6) is 0.958. The van der Waals surface area contributed by atoms with E-state index in [0.717, 1.165) is 27.9 Å². The fraction of sp³-hybridized carbons (Fsp3) is 0.192. The van der Waals surface area contributed by atoms with E-state index in [1.165, 1.54) is 0 Å². The number of aryl methyl sites for hydroxylation is 1. The molecule has 7 nitrogen and oxygen atoms in total. The van der Waals surface area contributed by atoms with Crippen LogP contribution in [0, 0.1) is 6.92 Å². The summed E-state index contributed by atoms with van der Waals surface area (Å²) in [4.78, 5) is 32.7. The number of rotatable bonds is 6. The quantitative estimate of drug-likeness (QED) is 0.480. The minimum absolute atomic E-state index is 0.0270. The number of methoxy groups -OCH3 is 1. The van der Waals surface area contributed by atoms with Crippen molar-refractivity contribution in [3.05, 3.63) is 83.9 Å². The molecule has 7 heteroatoms. The molecular formula is C26H24N4O3. The van der Waals surface area contributed by atoms with Gasteiger partial charge in [0.25, 0.3) is 5.91 Å². The molecule has 1 atom stereocenters. The van der Waals surface area contributed by atoms with Crippen LogP contribution in [-0.4, -0.2) is 28.5 Å². The number of amides is 2. The van der Waals surface area contributed by atoms with Crippen LogP contribution in [0.15, 0.2) is 72.8 Å². The third-order valence-corrected chi connectivity index (χ3v) is 5.90. The van der Waals surface area contributed by atoms with Crippen molar-refractivity contribution in [1.29, 1.82) is 0 Å². The van der Waals surface area contributed by atoms with Crippen molar-refractivity contribution in [3.63, 3.8) is 0 Å². The summed E-state index contributed by atoms with van der Waals surface area (Å²) >= 11 is 0. The highest BCUT2D eigenvalue weighted by Crippen LogP contribution is 2.37. The van der Waals surface area contributed by atoms with E-state index in [1.54, 1.807) is 12.0 Å². The smallest absolute Gasteiger partial charge is 0.253 e. The summed E-state index contributed by atoms with van der Waals surface area (Å²) in [5.41, 5.74) is 4.41. The first-order valence-corrected chi connectivity index (χ1v) is 10.8. The predicted octanol–water partition coefficient (Wildman–Crippen LogP) is 4.47. The van der Waals surface area contributed by atoms with Gasteiger partial charge in [-0.1, -0.05) is 42.0 Å². The first kappa shape index (κ1) is 20.8. The number of ether oxygens (including phenoxy) is 1. The van der Waals surface area contributed by atoms with Crippen LogP contribution in [0.5, 0.6) is 5.75 Å². The Bertz CT molecular complexity index is 1330. The number of carbonyl (C=O) groups excluding carboxylic acids is 2. The average molecular weight is 441 g/mol. The Labute approximate surface area is 191 Å². The van der Waals surface area contributed by atoms with E-state index in [9.17, 15) is 9.59 Å². The Morgan fingerprint density at radius 3 is 2.48 bits per heavy atom. The molecule has 0 saturated heterocycles. The van der Waals surface area contributed by atoms with Gasteiger partial charge in [0, 0.05) is 5.69 Å². The molecular weight excluding hydrogens is 416 g/mol. The number of anilines is 2. The van der Waals surface area contributed by atoms with Crippen LogP contribution in [0.1, 0.15) is 23.6 Å². The predicted molar refractivity (Wildman–Crippen MR) is 127 cm³/mol. The third kappa shape index (κ3) is 3.93. The molecule has 0 aliphatic carbocycles. The van der Waals surface area contributed by atoms with Gasteiger partial charge in [-0.3, -0.25) is 19.1 Å². The minimum Gasteiger partial charge on any atom is -0.497 e. The topological polar surface area (TPSA) is 76.5 Å². The Morgan fingerprint density at radius 1 is 1.03 bits per heavy atom. The molecule has 166 valence electrons. The van der Waals surface area contributed by atoms with Crippen molar-refractivity contribution in [2.75, 3.05) is 17.3 Å². The molecule has 0 saturated carbocycles. The van der Waals surface area contributed by atoms with Crippen molar-refractivity contribution >= 4 is 34.5 Å². The van der Waals surface area contributed by atoms with Gasteiger partial charge >= 0.3 is 0 Å². The van der Waals surface area contributed by atoms with Gasteiger partial charge in [0.2, 0.25) is 11.9 Å². The number of aromatic nitrogens is 2. The lowest BCUT2D eigenvalue weighted by atomic mass is 10.1. The monoisotopic (exact) mass is 440 g/mol. The second-order valence-corrected chi connectivity index (χ2v) is 8.18. The van der Waals surface area contributed by atoms with E-state index >= 15 is 0 Å². The lowest BCUT2D eigenvalue weighted by molar-refractivity contribution is -0.124. The third-order valence-electron chi connectivity index (χ3n) is 5.90. The molecule has 3 aromatic carbocycles. The van der Waals surface area contributed by atoms with Crippen LogP contribution in [0.25, 0.3) is 11.0 Å². The molecule has 1 N–H and O–H groups in total. The first-order chi connectivity index (χ1) is 16.0. The van der Waals surface area contributed by atoms with E-state index in [2.05, 4.69) is 5.32 Å². The van der Waals surface area contributed by atoms with Crippen LogP contribution in [0.2, 0.25) is 0 Å². The maximum absolute atomic E-state index is 13.5. The number of nitrogens with zero attached hydrogens (tertiary/aromatic N) is 3. The Hall–Kier alpha value is -4.13. The van der Waals surface area contributed by atoms with E-state index < -0.39 is 6.04 Å². The van der Waals surface area contributed by atoms with Gasteiger partial charge in [-0.2, -0.15) is 0 Å². The Balaban J connectivity index is 1.45. The molecule has 0 fully saturated rings. The Kier molecular flexibility index (Phi) is 5.30. The van der Waals surface area contributed by atoms with Gasteiger partial charge in [0.1, 0.15) is 11.8 Å². The summed E-state index contributed by atoms with van der Waals surface area (Å²) in [6, 6.07) is 22.2. The number of hydrogen-bond donors (Lipinski definition) is 1. The van der Waals surface area contributed by atoms with E-state index in [0.29, 0.717) is 18.2 Å². The van der Waals surface area contributed by atoms with Gasteiger partial charge < -0.3 is 10.1 Å². The molecule has 2 heterocycles. The van der Waals surface area contributed by atoms with E-state index in [1.807, 2.05) is 84.3 Å². The molecule has 0 radical (unpaired) electrons. The minimum atomic E-state index is -0.656. The molecule has 1 unspecified atom stereocenters. The van der Waals surface area contributed by atoms with Gasteiger partial charge in [-0.05, 0) is 48.9 Å². The highest BCUT2D eigenvalue weighted by atomic mass is 16.5. The number of fused-ring (bicyclic) bond motifs is 3. The van der Waals surface area contributed by atoms with Crippen molar-refractivity contribution in [3.8, 4) is 5.75 Å².